The lowest BCUT2D eigenvalue weighted by Gasteiger charge is -2.22. The van der Waals surface area contributed by atoms with Gasteiger partial charge in [0.15, 0.2) is 5.75 Å². The molecule has 0 fully saturated rings. The van der Waals surface area contributed by atoms with Crippen LogP contribution in [0, 0.1) is 0 Å². The highest BCUT2D eigenvalue weighted by Crippen LogP contribution is 2.41. The van der Waals surface area contributed by atoms with Gasteiger partial charge in [0.25, 0.3) is 5.91 Å². The van der Waals surface area contributed by atoms with Crippen LogP contribution >= 0.6 is 0 Å². The smallest absolute Gasteiger partial charge is 0.420 e. The SMILES string of the molecule is CC(C)(C)OC(=O)N[C@H]1COc2c(cccc2C(F)(F)F)NC1=O. The Morgan fingerprint density at radius 3 is 2.58 bits per heavy atom. The van der Waals surface area contributed by atoms with Crippen LogP contribution in [0.4, 0.5) is 23.7 Å². The number of halogens is 3. The Morgan fingerprint density at radius 1 is 1.33 bits per heavy atom. The number of alkyl halides is 3. The number of benzene rings is 1. The molecule has 132 valence electrons. The summed E-state index contributed by atoms with van der Waals surface area (Å²) in [5.41, 5.74) is -1.89. The van der Waals surface area contributed by atoms with Crippen molar-refractivity contribution in [1.82, 2.24) is 5.32 Å². The molecule has 0 bridgehead atoms. The third-order valence-corrected chi connectivity index (χ3v) is 2.98. The van der Waals surface area contributed by atoms with Gasteiger partial charge in [-0.3, -0.25) is 4.79 Å². The quantitative estimate of drug-likeness (QED) is 0.820. The molecular weight excluding hydrogens is 329 g/mol. The van der Waals surface area contributed by atoms with Crippen molar-refractivity contribution in [3.63, 3.8) is 0 Å². The third-order valence-electron chi connectivity index (χ3n) is 2.98. The molecule has 0 radical (unpaired) electrons. The van der Waals surface area contributed by atoms with Crippen molar-refractivity contribution in [3.05, 3.63) is 23.8 Å². The minimum atomic E-state index is -4.63. The van der Waals surface area contributed by atoms with Gasteiger partial charge in [0.05, 0.1) is 11.3 Å². The summed E-state index contributed by atoms with van der Waals surface area (Å²) in [5.74, 6) is -1.18. The average molecular weight is 346 g/mol. The van der Waals surface area contributed by atoms with Crippen LogP contribution < -0.4 is 15.4 Å². The number of carbonyl (C=O) groups excluding carboxylic acids is 2. The van der Waals surface area contributed by atoms with Gasteiger partial charge in [0, 0.05) is 0 Å². The minimum Gasteiger partial charge on any atom is -0.488 e. The summed E-state index contributed by atoms with van der Waals surface area (Å²) in [6, 6.07) is 2.12. The molecule has 0 saturated heterocycles. The molecule has 2 rings (SSSR count). The van der Waals surface area contributed by atoms with E-state index >= 15 is 0 Å². The van der Waals surface area contributed by atoms with E-state index in [1.807, 2.05) is 0 Å². The summed E-state index contributed by atoms with van der Waals surface area (Å²) < 4.78 is 49.2. The Balaban J connectivity index is 2.18. The van der Waals surface area contributed by atoms with E-state index in [0.29, 0.717) is 0 Å². The second kappa shape index (κ2) is 6.21. The fourth-order valence-electron chi connectivity index (χ4n) is 2.03. The van der Waals surface area contributed by atoms with Gasteiger partial charge in [-0.05, 0) is 32.9 Å². The molecule has 1 aliphatic heterocycles. The molecule has 0 aliphatic carbocycles. The van der Waals surface area contributed by atoms with Gasteiger partial charge in [-0.25, -0.2) is 4.79 Å². The maximum atomic E-state index is 13.0. The molecule has 0 aromatic heterocycles. The second-order valence-electron chi connectivity index (χ2n) is 6.18. The molecule has 1 aromatic rings. The molecule has 0 spiro atoms. The van der Waals surface area contributed by atoms with Crippen molar-refractivity contribution in [1.29, 1.82) is 0 Å². The van der Waals surface area contributed by atoms with Crippen LogP contribution in [0.15, 0.2) is 18.2 Å². The van der Waals surface area contributed by atoms with Crippen LogP contribution in [0.2, 0.25) is 0 Å². The van der Waals surface area contributed by atoms with Crippen LogP contribution in [0.3, 0.4) is 0 Å². The maximum absolute atomic E-state index is 13.0. The zero-order chi connectivity index (χ0) is 18.1. The van der Waals surface area contributed by atoms with Crippen LogP contribution in [-0.4, -0.2) is 30.3 Å². The van der Waals surface area contributed by atoms with Crippen molar-refractivity contribution >= 4 is 17.7 Å². The number of hydrogen-bond acceptors (Lipinski definition) is 4. The second-order valence-corrected chi connectivity index (χ2v) is 6.18. The summed E-state index contributed by atoms with van der Waals surface area (Å²) in [4.78, 5) is 23.8. The number of ether oxygens (including phenoxy) is 2. The van der Waals surface area contributed by atoms with Gasteiger partial charge < -0.3 is 20.1 Å². The zero-order valence-electron chi connectivity index (χ0n) is 13.3. The number of hydrogen-bond donors (Lipinski definition) is 2. The van der Waals surface area contributed by atoms with Crippen LogP contribution in [0.1, 0.15) is 26.3 Å². The largest absolute Gasteiger partial charge is 0.488 e. The van der Waals surface area contributed by atoms with Gasteiger partial charge in [-0.2, -0.15) is 13.2 Å². The number of alkyl carbamates (subject to hydrolysis) is 1. The van der Waals surface area contributed by atoms with Gasteiger partial charge in [-0.15, -0.1) is 0 Å². The monoisotopic (exact) mass is 346 g/mol. The van der Waals surface area contributed by atoms with Crippen LogP contribution in [0.25, 0.3) is 0 Å². The number of para-hydroxylation sites is 1. The zero-order valence-corrected chi connectivity index (χ0v) is 13.3. The summed E-state index contributed by atoms with van der Waals surface area (Å²) in [6.45, 7) is 4.47. The molecule has 1 heterocycles. The van der Waals surface area contributed by atoms with E-state index in [-0.39, 0.29) is 5.69 Å². The molecule has 1 aliphatic rings. The first kappa shape index (κ1) is 17.9. The molecular formula is C15H17F3N2O4. The van der Waals surface area contributed by atoms with E-state index in [4.69, 9.17) is 9.47 Å². The predicted octanol–water partition coefficient (Wildman–Crippen LogP) is 2.93. The van der Waals surface area contributed by atoms with Crippen molar-refractivity contribution in [2.24, 2.45) is 0 Å². The van der Waals surface area contributed by atoms with Gasteiger partial charge in [0.1, 0.15) is 18.2 Å². The van der Waals surface area contributed by atoms with E-state index in [0.717, 1.165) is 12.1 Å². The molecule has 9 heteroatoms. The van der Waals surface area contributed by atoms with E-state index in [2.05, 4.69) is 10.6 Å². The predicted molar refractivity (Wildman–Crippen MR) is 78.7 cm³/mol. The number of carbonyl (C=O) groups is 2. The number of amides is 2. The van der Waals surface area contributed by atoms with Crippen LogP contribution in [-0.2, 0) is 15.7 Å². The molecule has 6 nitrogen and oxygen atoms in total. The highest BCUT2D eigenvalue weighted by molar-refractivity contribution is 5.98. The summed E-state index contributed by atoms with van der Waals surface area (Å²) >= 11 is 0. The lowest BCUT2D eigenvalue weighted by atomic mass is 10.1. The maximum Gasteiger partial charge on any atom is 0.420 e. The first-order valence-corrected chi connectivity index (χ1v) is 7.11. The molecule has 0 unspecified atom stereocenters. The minimum absolute atomic E-state index is 0.108. The van der Waals surface area contributed by atoms with Crippen LogP contribution in [0.5, 0.6) is 5.75 Å². The number of anilines is 1. The topological polar surface area (TPSA) is 76.7 Å². The van der Waals surface area contributed by atoms with Gasteiger partial charge in [0.2, 0.25) is 0 Å². The van der Waals surface area contributed by atoms with E-state index < -0.39 is 47.7 Å². The normalized spacial score (nSPS) is 17.9. The lowest BCUT2D eigenvalue weighted by molar-refractivity contribution is -0.138. The van der Waals surface area contributed by atoms with Crippen molar-refractivity contribution in [3.8, 4) is 5.75 Å². The number of nitrogens with one attached hydrogen (secondary N) is 2. The molecule has 1 atom stereocenters. The molecule has 24 heavy (non-hydrogen) atoms. The molecule has 0 saturated carbocycles. The summed E-state index contributed by atoms with van der Waals surface area (Å²) in [7, 11) is 0. The first-order chi connectivity index (χ1) is 11.0. The van der Waals surface area contributed by atoms with Crippen molar-refractivity contribution in [2.45, 2.75) is 38.6 Å². The number of rotatable bonds is 1. The van der Waals surface area contributed by atoms with Gasteiger partial charge in [-0.1, -0.05) is 6.07 Å². The van der Waals surface area contributed by atoms with E-state index in [1.165, 1.54) is 6.07 Å². The first-order valence-electron chi connectivity index (χ1n) is 7.11. The standard InChI is InChI=1S/C15H17F3N2O4/c1-14(2,3)24-13(22)20-10-7-23-11-8(15(16,17)18)5-4-6-9(11)19-12(10)21/h4-6,10H,7H2,1-3H3,(H,19,21)(H,20,22)/t10-/m0/s1. The summed E-state index contributed by atoms with van der Waals surface area (Å²) in [6.07, 6.45) is -5.50. The Morgan fingerprint density at radius 2 is 2.00 bits per heavy atom. The fraction of sp³-hybridized carbons (Fsp3) is 0.467. The highest BCUT2D eigenvalue weighted by Gasteiger charge is 2.38. The molecule has 1 aromatic carbocycles. The average Bonchev–Trinajstić information content (AvgIpc) is 2.55. The molecule has 2 amide bonds. The molecule has 2 N–H and O–H groups in total. The fourth-order valence-corrected chi connectivity index (χ4v) is 2.03. The number of fused-ring (bicyclic) bond motifs is 1. The van der Waals surface area contributed by atoms with E-state index in [9.17, 15) is 22.8 Å². The van der Waals surface area contributed by atoms with Crippen molar-refractivity contribution in [2.75, 3.05) is 11.9 Å². The van der Waals surface area contributed by atoms with Gasteiger partial charge >= 0.3 is 12.3 Å². The van der Waals surface area contributed by atoms with E-state index in [1.54, 1.807) is 20.8 Å². The highest BCUT2D eigenvalue weighted by atomic mass is 19.4. The third kappa shape index (κ3) is 4.30. The Hall–Kier alpha value is -2.45. The Kier molecular flexibility index (Phi) is 4.63. The Bertz CT molecular complexity index is 653. The van der Waals surface area contributed by atoms with Crippen molar-refractivity contribution < 1.29 is 32.2 Å². The summed E-state index contributed by atoms with van der Waals surface area (Å²) in [5, 5.41) is 4.60. The Labute approximate surface area is 136 Å². The lowest BCUT2D eigenvalue weighted by Crippen LogP contribution is -2.48.